The maximum atomic E-state index is 12.8. The number of furan rings is 1. The fourth-order valence-electron chi connectivity index (χ4n) is 2.03. The molecule has 0 bridgehead atoms. The molecule has 114 valence electrons. The molecule has 0 aliphatic rings. The Bertz CT molecular complexity index is 727. The molecule has 7 heteroatoms. The van der Waals surface area contributed by atoms with Gasteiger partial charge in [0.1, 0.15) is 5.76 Å². The van der Waals surface area contributed by atoms with E-state index in [1.807, 2.05) is 0 Å². The van der Waals surface area contributed by atoms with Crippen molar-refractivity contribution in [3.8, 4) is 0 Å². The molecule has 0 radical (unpaired) electrons. The first-order chi connectivity index (χ1) is 9.86. The van der Waals surface area contributed by atoms with Gasteiger partial charge >= 0.3 is 0 Å². The van der Waals surface area contributed by atoms with E-state index in [2.05, 4.69) is 0 Å². The van der Waals surface area contributed by atoms with Crippen LogP contribution in [0.15, 0.2) is 39.8 Å². The van der Waals surface area contributed by atoms with Gasteiger partial charge in [0.25, 0.3) is 0 Å². The van der Waals surface area contributed by atoms with Crippen LogP contribution >= 0.6 is 11.6 Å². The summed E-state index contributed by atoms with van der Waals surface area (Å²) in [5.41, 5.74) is 6.54. The molecule has 0 unspecified atom stereocenters. The van der Waals surface area contributed by atoms with Crippen molar-refractivity contribution in [2.75, 3.05) is 12.3 Å². The minimum Gasteiger partial charge on any atom is -0.468 e. The van der Waals surface area contributed by atoms with Crippen LogP contribution in [0.3, 0.4) is 0 Å². The number of halogens is 1. The fourth-order valence-corrected chi connectivity index (χ4v) is 3.90. The Kier molecular flexibility index (Phi) is 4.61. The van der Waals surface area contributed by atoms with Gasteiger partial charge in [-0.15, -0.1) is 0 Å². The zero-order chi connectivity index (χ0) is 15.6. The third kappa shape index (κ3) is 3.23. The van der Waals surface area contributed by atoms with Crippen LogP contribution in [0.25, 0.3) is 0 Å². The lowest BCUT2D eigenvalue weighted by Gasteiger charge is -2.21. The lowest BCUT2D eigenvalue weighted by molar-refractivity contribution is 0.375. The third-order valence-electron chi connectivity index (χ3n) is 3.18. The van der Waals surface area contributed by atoms with Crippen LogP contribution in [0.2, 0.25) is 5.02 Å². The van der Waals surface area contributed by atoms with Gasteiger partial charge in [-0.2, -0.15) is 4.31 Å². The van der Waals surface area contributed by atoms with Crippen molar-refractivity contribution in [2.24, 2.45) is 0 Å². The monoisotopic (exact) mass is 328 g/mol. The molecule has 1 aromatic carbocycles. The topological polar surface area (TPSA) is 76.5 Å². The second kappa shape index (κ2) is 6.09. The summed E-state index contributed by atoms with van der Waals surface area (Å²) in [6, 6.07) is 6.42. The van der Waals surface area contributed by atoms with E-state index in [1.54, 1.807) is 32.0 Å². The van der Waals surface area contributed by atoms with Crippen LogP contribution in [0, 0.1) is 6.92 Å². The average molecular weight is 329 g/mol. The highest BCUT2D eigenvalue weighted by molar-refractivity contribution is 7.89. The summed E-state index contributed by atoms with van der Waals surface area (Å²) in [5, 5.41) is 0.348. The molecule has 2 aromatic rings. The molecule has 5 nitrogen and oxygen atoms in total. The number of sulfonamides is 1. The molecule has 0 amide bonds. The molecule has 0 aliphatic carbocycles. The van der Waals surface area contributed by atoms with Crippen LogP contribution in [0.1, 0.15) is 18.2 Å². The third-order valence-corrected chi connectivity index (χ3v) is 5.57. The highest BCUT2D eigenvalue weighted by Gasteiger charge is 2.26. The zero-order valence-corrected chi connectivity index (χ0v) is 13.4. The SMILES string of the molecule is CCN(Cc1ccco1)S(=O)(=O)c1cc(N)c(Cl)cc1C. The van der Waals surface area contributed by atoms with Gasteiger partial charge in [0, 0.05) is 6.54 Å². The van der Waals surface area contributed by atoms with E-state index < -0.39 is 10.0 Å². The largest absolute Gasteiger partial charge is 0.468 e. The number of benzene rings is 1. The van der Waals surface area contributed by atoms with E-state index in [9.17, 15) is 8.42 Å². The predicted molar refractivity (Wildman–Crippen MR) is 82.6 cm³/mol. The van der Waals surface area contributed by atoms with Gasteiger partial charge in [-0.05, 0) is 36.8 Å². The summed E-state index contributed by atoms with van der Waals surface area (Å²) in [4.78, 5) is 0.165. The van der Waals surface area contributed by atoms with Crippen molar-refractivity contribution in [3.63, 3.8) is 0 Å². The van der Waals surface area contributed by atoms with Gasteiger partial charge in [0.05, 0.1) is 28.4 Å². The van der Waals surface area contributed by atoms with Crippen molar-refractivity contribution < 1.29 is 12.8 Å². The fraction of sp³-hybridized carbons (Fsp3) is 0.286. The maximum absolute atomic E-state index is 12.8. The molecule has 0 spiro atoms. The van der Waals surface area contributed by atoms with Crippen molar-refractivity contribution in [1.29, 1.82) is 0 Å². The highest BCUT2D eigenvalue weighted by Crippen LogP contribution is 2.28. The number of nitrogens with two attached hydrogens (primary N) is 1. The van der Waals surface area contributed by atoms with Gasteiger partial charge in [-0.25, -0.2) is 8.42 Å². The molecule has 0 saturated carbocycles. The number of anilines is 1. The molecular formula is C14H17ClN2O3S. The normalized spacial score (nSPS) is 12.0. The number of nitrogen functional groups attached to an aromatic ring is 1. The first-order valence-electron chi connectivity index (χ1n) is 6.44. The first kappa shape index (κ1) is 15.9. The Labute approximate surface area is 129 Å². The number of hydrogen-bond acceptors (Lipinski definition) is 4. The van der Waals surface area contributed by atoms with Gasteiger partial charge in [-0.1, -0.05) is 18.5 Å². The predicted octanol–water partition coefficient (Wildman–Crippen LogP) is 3.03. The van der Waals surface area contributed by atoms with E-state index >= 15 is 0 Å². The first-order valence-corrected chi connectivity index (χ1v) is 8.26. The summed E-state index contributed by atoms with van der Waals surface area (Å²) in [7, 11) is -3.66. The quantitative estimate of drug-likeness (QED) is 0.856. The number of rotatable bonds is 5. The Hall–Kier alpha value is -1.50. The molecule has 2 N–H and O–H groups in total. The van der Waals surface area contributed by atoms with Gasteiger partial charge in [0.2, 0.25) is 10.0 Å². The number of aryl methyl sites for hydroxylation is 1. The van der Waals surface area contributed by atoms with Crippen LogP contribution in [0.4, 0.5) is 5.69 Å². The Balaban J connectivity index is 2.42. The molecule has 0 aliphatic heterocycles. The smallest absolute Gasteiger partial charge is 0.243 e. The summed E-state index contributed by atoms with van der Waals surface area (Å²) in [5.74, 6) is 0.583. The van der Waals surface area contributed by atoms with Crippen LogP contribution in [-0.4, -0.2) is 19.3 Å². The summed E-state index contributed by atoms with van der Waals surface area (Å²) in [6.07, 6.45) is 1.52. The van der Waals surface area contributed by atoms with E-state index in [4.69, 9.17) is 21.8 Å². The second-order valence-corrected chi connectivity index (χ2v) is 6.96. The molecule has 21 heavy (non-hydrogen) atoms. The highest BCUT2D eigenvalue weighted by atomic mass is 35.5. The van der Waals surface area contributed by atoms with Crippen LogP contribution in [0.5, 0.6) is 0 Å². The van der Waals surface area contributed by atoms with E-state index in [1.165, 1.54) is 16.6 Å². The number of hydrogen-bond donors (Lipinski definition) is 1. The van der Waals surface area contributed by atoms with E-state index in [-0.39, 0.29) is 17.1 Å². The molecule has 0 atom stereocenters. The minimum atomic E-state index is -3.66. The Morgan fingerprint density at radius 3 is 2.67 bits per heavy atom. The van der Waals surface area contributed by atoms with Crippen molar-refractivity contribution in [3.05, 3.63) is 46.9 Å². The van der Waals surface area contributed by atoms with Gasteiger partial charge < -0.3 is 10.2 Å². The van der Waals surface area contributed by atoms with Crippen molar-refractivity contribution >= 4 is 27.3 Å². The summed E-state index contributed by atoms with van der Waals surface area (Å²) < 4.78 is 32.1. The Morgan fingerprint density at radius 1 is 1.38 bits per heavy atom. The van der Waals surface area contributed by atoms with E-state index in [0.717, 1.165) is 0 Å². The molecule has 0 fully saturated rings. The number of nitrogens with zero attached hydrogens (tertiary/aromatic N) is 1. The van der Waals surface area contributed by atoms with Crippen LogP contribution < -0.4 is 5.73 Å². The van der Waals surface area contributed by atoms with Crippen molar-refractivity contribution in [2.45, 2.75) is 25.3 Å². The second-order valence-electron chi connectivity index (χ2n) is 4.65. The molecular weight excluding hydrogens is 312 g/mol. The molecule has 0 saturated heterocycles. The summed E-state index contributed by atoms with van der Waals surface area (Å²) in [6.45, 7) is 3.97. The summed E-state index contributed by atoms with van der Waals surface area (Å²) >= 11 is 5.92. The standard InChI is InChI=1S/C14H17ClN2O3S/c1-3-17(9-11-5-4-6-20-11)21(18,19)14-8-13(16)12(15)7-10(14)2/h4-8H,3,9,16H2,1-2H3. The van der Waals surface area contributed by atoms with E-state index in [0.29, 0.717) is 22.9 Å². The molecule has 2 rings (SSSR count). The average Bonchev–Trinajstić information content (AvgIpc) is 2.92. The zero-order valence-electron chi connectivity index (χ0n) is 11.8. The Morgan fingerprint density at radius 2 is 2.10 bits per heavy atom. The lowest BCUT2D eigenvalue weighted by Crippen LogP contribution is -2.30. The minimum absolute atomic E-state index is 0.165. The van der Waals surface area contributed by atoms with Crippen LogP contribution in [-0.2, 0) is 16.6 Å². The molecule has 1 heterocycles. The maximum Gasteiger partial charge on any atom is 0.243 e. The molecule has 1 aromatic heterocycles. The van der Waals surface area contributed by atoms with Gasteiger partial charge in [-0.3, -0.25) is 0 Å². The lowest BCUT2D eigenvalue weighted by atomic mass is 10.2. The van der Waals surface area contributed by atoms with Crippen molar-refractivity contribution in [1.82, 2.24) is 4.31 Å². The van der Waals surface area contributed by atoms with Gasteiger partial charge in [0.15, 0.2) is 0 Å².